The third-order valence-electron chi connectivity index (χ3n) is 2.57. The third kappa shape index (κ3) is 3.10. The van der Waals surface area contributed by atoms with E-state index < -0.39 is 16.4 Å². The van der Waals surface area contributed by atoms with Gasteiger partial charge in [-0.25, -0.2) is 4.68 Å². The molecule has 0 radical (unpaired) electrons. The summed E-state index contributed by atoms with van der Waals surface area (Å²) in [6.07, 6.45) is 0. The van der Waals surface area contributed by atoms with Gasteiger partial charge in [-0.05, 0) is 36.0 Å². The topological polar surface area (TPSA) is 96.0 Å². The van der Waals surface area contributed by atoms with Crippen LogP contribution in [0.2, 0.25) is 0 Å². The minimum absolute atomic E-state index is 0.0305. The Hall–Kier alpha value is -2.23. The van der Waals surface area contributed by atoms with Gasteiger partial charge in [0.2, 0.25) is 11.0 Å². The summed E-state index contributed by atoms with van der Waals surface area (Å²) in [4.78, 5) is 10.3. The minimum Gasteiger partial charge on any atom is -0.497 e. The van der Waals surface area contributed by atoms with Crippen molar-refractivity contribution in [2.45, 2.75) is 29.9 Å². The number of nitrogens with zero attached hydrogens (tertiary/aromatic N) is 5. The zero-order chi connectivity index (χ0) is 15.6. The molecule has 1 aromatic heterocycles. The number of hydrogen-bond donors (Lipinski definition) is 0. The number of halogens is 1. The normalized spacial score (nSPS) is 10.9. The average Bonchev–Trinajstić information content (AvgIpc) is 2.85. The molecule has 0 amide bonds. The minimum atomic E-state index is -0.967. The fourth-order valence-corrected chi connectivity index (χ4v) is 2.66. The van der Waals surface area contributed by atoms with E-state index in [9.17, 15) is 14.5 Å². The highest BCUT2D eigenvalue weighted by Gasteiger charge is 2.25. The van der Waals surface area contributed by atoms with Crippen LogP contribution in [-0.2, 0) is 0 Å². The predicted molar refractivity (Wildman–Crippen MR) is 71.9 cm³/mol. The van der Waals surface area contributed by atoms with Crippen LogP contribution in [0.1, 0.15) is 19.9 Å². The van der Waals surface area contributed by atoms with Crippen molar-refractivity contribution >= 4 is 17.4 Å². The maximum atomic E-state index is 13.8. The maximum Gasteiger partial charge on any atom is 0.318 e. The molecule has 0 saturated carbocycles. The average molecular weight is 313 g/mol. The Morgan fingerprint density at radius 1 is 1.48 bits per heavy atom. The van der Waals surface area contributed by atoms with E-state index >= 15 is 0 Å². The van der Waals surface area contributed by atoms with E-state index in [1.165, 1.54) is 17.9 Å². The number of tetrazole rings is 1. The molecule has 1 aromatic carbocycles. The molecule has 0 aliphatic heterocycles. The molecule has 0 fully saturated rings. The van der Waals surface area contributed by atoms with E-state index in [1.54, 1.807) is 0 Å². The number of nitro benzene ring substituents is 1. The SMILES string of the molecule is COc1cc(F)c([N+](=O)[O-])c(Sc2nnnn2C(C)C)c1. The van der Waals surface area contributed by atoms with Gasteiger partial charge in [-0.15, -0.1) is 5.10 Å². The van der Waals surface area contributed by atoms with Crippen LogP contribution in [0.4, 0.5) is 10.1 Å². The highest BCUT2D eigenvalue weighted by Crippen LogP contribution is 2.38. The van der Waals surface area contributed by atoms with E-state index in [0.717, 1.165) is 17.8 Å². The van der Waals surface area contributed by atoms with E-state index in [2.05, 4.69) is 15.5 Å². The predicted octanol–water partition coefficient (Wildman–Crippen LogP) is 2.46. The van der Waals surface area contributed by atoms with E-state index in [-0.39, 0.29) is 16.7 Å². The summed E-state index contributed by atoms with van der Waals surface area (Å²) < 4.78 is 20.3. The summed E-state index contributed by atoms with van der Waals surface area (Å²) in [5.74, 6) is -0.783. The lowest BCUT2D eigenvalue weighted by molar-refractivity contribution is -0.390. The first-order chi connectivity index (χ1) is 9.93. The van der Waals surface area contributed by atoms with Crippen LogP contribution in [0.3, 0.4) is 0 Å². The summed E-state index contributed by atoms with van der Waals surface area (Å²) in [6.45, 7) is 3.72. The molecular weight excluding hydrogens is 301 g/mol. The molecule has 0 aliphatic carbocycles. The number of rotatable bonds is 5. The number of hydrogen-bond acceptors (Lipinski definition) is 7. The number of methoxy groups -OCH3 is 1. The monoisotopic (exact) mass is 313 g/mol. The van der Waals surface area contributed by atoms with Crippen LogP contribution in [0.15, 0.2) is 22.2 Å². The second kappa shape index (κ2) is 6.04. The van der Waals surface area contributed by atoms with Gasteiger partial charge in [0.25, 0.3) is 0 Å². The molecule has 0 aliphatic rings. The van der Waals surface area contributed by atoms with Crippen molar-refractivity contribution in [1.82, 2.24) is 20.2 Å². The lowest BCUT2D eigenvalue weighted by atomic mass is 10.3. The first kappa shape index (κ1) is 15.2. The lowest BCUT2D eigenvalue weighted by Gasteiger charge is -2.08. The fourth-order valence-electron chi connectivity index (χ4n) is 1.60. The van der Waals surface area contributed by atoms with Crippen LogP contribution in [-0.4, -0.2) is 32.2 Å². The van der Waals surface area contributed by atoms with Crippen molar-refractivity contribution in [2.75, 3.05) is 7.11 Å². The summed E-state index contributed by atoms with van der Waals surface area (Å²) in [5.41, 5.74) is -0.626. The molecule has 0 unspecified atom stereocenters. The highest BCUT2D eigenvalue weighted by molar-refractivity contribution is 7.99. The Balaban J connectivity index is 2.49. The van der Waals surface area contributed by atoms with Gasteiger partial charge in [0, 0.05) is 12.1 Å². The first-order valence-electron chi connectivity index (χ1n) is 5.91. The molecule has 0 bridgehead atoms. The molecular formula is C11H12FN5O3S. The van der Waals surface area contributed by atoms with E-state index in [0.29, 0.717) is 5.16 Å². The highest BCUT2D eigenvalue weighted by atomic mass is 32.2. The lowest BCUT2D eigenvalue weighted by Crippen LogP contribution is -2.05. The Morgan fingerprint density at radius 3 is 2.76 bits per heavy atom. The van der Waals surface area contributed by atoms with Crippen LogP contribution < -0.4 is 4.74 Å². The van der Waals surface area contributed by atoms with Gasteiger partial charge in [-0.3, -0.25) is 10.1 Å². The molecule has 2 aromatic rings. The zero-order valence-electron chi connectivity index (χ0n) is 11.5. The largest absolute Gasteiger partial charge is 0.497 e. The molecule has 0 saturated heterocycles. The van der Waals surface area contributed by atoms with E-state index in [4.69, 9.17) is 4.74 Å². The van der Waals surface area contributed by atoms with Gasteiger partial charge in [0.15, 0.2) is 0 Å². The van der Waals surface area contributed by atoms with Crippen LogP contribution in [0, 0.1) is 15.9 Å². The van der Waals surface area contributed by atoms with Crippen LogP contribution in [0.5, 0.6) is 5.75 Å². The molecule has 10 heteroatoms. The molecule has 0 atom stereocenters. The second-order valence-electron chi connectivity index (χ2n) is 4.31. The molecule has 1 heterocycles. The summed E-state index contributed by atoms with van der Waals surface area (Å²) >= 11 is 0.913. The zero-order valence-corrected chi connectivity index (χ0v) is 12.3. The van der Waals surface area contributed by atoms with Crippen LogP contribution >= 0.6 is 11.8 Å². The third-order valence-corrected chi connectivity index (χ3v) is 3.56. The van der Waals surface area contributed by atoms with Crippen molar-refractivity contribution in [1.29, 1.82) is 0 Å². The van der Waals surface area contributed by atoms with E-state index in [1.807, 2.05) is 13.8 Å². The summed E-state index contributed by atoms with van der Waals surface area (Å²) in [6, 6.07) is 2.32. The Labute approximate surface area is 123 Å². The van der Waals surface area contributed by atoms with Crippen molar-refractivity contribution < 1.29 is 14.1 Å². The molecule has 21 heavy (non-hydrogen) atoms. The van der Waals surface area contributed by atoms with Gasteiger partial charge in [0.05, 0.1) is 23.0 Å². The number of nitro groups is 1. The molecule has 112 valence electrons. The summed E-state index contributed by atoms with van der Waals surface area (Å²) in [7, 11) is 1.35. The molecule has 8 nitrogen and oxygen atoms in total. The van der Waals surface area contributed by atoms with Gasteiger partial charge >= 0.3 is 5.69 Å². The Morgan fingerprint density at radius 2 is 2.19 bits per heavy atom. The molecule has 0 spiro atoms. The van der Waals surface area contributed by atoms with Gasteiger partial charge in [-0.1, -0.05) is 0 Å². The van der Waals surface area contributed by atoms with Gasteiger partial charge in [0.1, 0.15) is 5.75 Å². The van der Waals surface area contributed by atoms with Crippen molar-refractivity contribution in [2.24, 2.45) is 0 Å². The molecule has 2 rings (SSSR count). The summed E-state index contributed by atoms with van der Waals surface area (Å²) in [5, 5.41) is 22.5. The first-order valence-corrected chi connectivity index (χ1v) is 6.73. The van der Waals surface area contributed by atoms with Gasteiger partial charge in [-0.2, -0.15) is 4.39 Å². The smallest absolute Gasteiger partial charge is 0.318 e. The van der Waals surface area contributed by atoms with Crippen LogP contribution in [0.25, 0.3) is 0 Å². The van der Waals surface area contributed by atoms with Crippen molar-refractivity contribution in [3.8, 4) is 5.75 Å². The van der Waals surface area contributed by atoms with Crippen molar-refractivity contribution in [3.63, 3.8) is 0 Å². The number of benzene rings is 1. The molecule has 0 N–H and O–H groups in total. The standard InChI is InChI=1S/C11H12FN5O3S/c1-6(2)16-11(13-14-15-16)21-9-5-7(20-3)4-8(12)10(9)17(18)19/h4-6H,1-3H3. The maximum absolute atomic E-state index is 13.8. The van der Waals surface area contributed by atoms with Crippen molar-refractivity contribution in [3.05, 3.63) is 28.1 Å². The quantitative estimate of drug-likeness (QED) is 0.618. The number of ether oxygens (including phenoxy) is 1. The Kier molecular flexibility index (Phi) is 4.36. The Bertz CT molecular complexity index is 676. The fraction of sp³-hybridized carbons (Fsp3) is 0.364. The van der Waals surface area contributed by atoms with Gasteiger partial charge < -0.3 is 4.74 Å². The number of aromatic nitrogens is 4. The second-order valence-corrected chi connectivity index (χ2v) is 5.32.